The van der Waals surface area contributed by atoms with Crippen LogP contribution in [0.2, 0.25) is 0 Å². The molecule has 0 amide bonds. The first-order valence-corrected chi connectivity index (χ1v) is 7.54. The molecule has 0 saturated carbocycles. The van der Waals surface area contributed by atoms with E-state index in [2.05, 4.69) is 46.1 Å². The largest absolute Gasteiger partial charge is 0.368 e. The van der Waals surface area contributed by atoms with E-state index in [1.165, 1.54) is 24.0 Å². The van der Waals surface area contributed by atoms with Crippen LogP contribution in [0.1, 0.15) is 35.6 Å². The topological polar surface area (TPSA) is 55.0 Å². The molecule has 0 spiro atoms. The number of aromatic nitrogens is 2. The van der Waals surface area contributed by atoms with E-state index in [0.29, 0.717) is 11.9 Å². The van der Waals surface area contributed by atoms with Crippen LogP contribution in [0.5, 0.6) is 0 Å². The van der Waals surface area contributed by atoms with Crippen molar-refractivity contribution in [3.05, 3.63) is 47.2 Å². The number of nitrogens with two attached hydrogens (primary N) is 1. The van der Waals surface area contributed by atoms with Crippen molar-refractivity contribution in [2.24, 2.45) is 0 Å². The van der Waals surface area contributed by atoms with E-state index >= 15 is 0 Å². The summed E-state index contributed by atoms with van der Waals surface area (Å²) < 4.78 is 0. The zero-order valence-corrected chi connectivity index (χ0v) is 12.7. The van der Waals surface area contributed by atoms with Gasteiger partial charge in [0.1, 0.15) is 5.82 Å². The summed E-state index contributed by atoms with van der Waals surface area (Å²) in [5.74, 6) is 1.88. The number of aryl methyl sites for hydroxylation is 2. The van der Waals surface area contributed by atoms with Crippen LogP contribution in [0.4, 0.5) is 11.8 Å². The highest BCUT2D eigenvalue weighted by Gasteiger charge is 2.22. The van der Waals surface area contributed by atoms with Crippen molar-refractivity contribution in [3.63, 3.8) is 0 Å². The van der Waals surface area contributed by atoms with Gasteiger partial charge in [-0.3, -0.25) is 0 Å². The SMILES string of the molecule is Cc1cccc([C@@H]2CCCN(c3cc(C)nc(N)n3)C2)c1. The second kappa shape index (κ2) is 5.72. The molecule has 1 fully saturated rings. The Labute approximate surface area is 126 Å². The minimum Gasteiger partial charge on any atom is -0.368 e. The third-order valence-corrected chi connectivity index (χ3v) is 4.12. The van der Waals surface area contributed by atoms with Crippen LogP contribution in [0.25, 0.3) is 0 Å². The van der Waals surface area contributed by atoms with Gasteiger partial charge in [-0.15, -0.1) is 0 Å². The number of anilines is 2. The van der Waals surface area contributed by atoms with Crippen molar-refractivity contribution in [2.75, 3.05) is 23.7 Å². The minimum absolute atomic E-state index is 0.364. The first-order valence-electron chi connectivity index (χ1n) is 7.54. The molecule has 1 saturated heterocycles. The lowest BCUT2D eigenvalue weighted by atomic mass is 9.90. The van der Waals surface area contributed by atoms with Gasteiger partial charge in [0.2, 0.25) is 5.95 Å². The molecule has 0 radical (unpaired) electrons. The smallest absolute Gasteiger partial charge is 0.222 e. The molecule has 2 heterocycles. The van der Waals surface area contributed by atoms with Gasteiger partial charge in [0.15, 0.2) is 0 Å². The Morgan fingerprint density at radius 2 is 2.05 bits per heavy atom. The Morgan fingerprint density at radius 3 is 2.81 bits per heavy atom. The summed E-state index contributed by atoms with van der Waals surface area (Å²) in [6.45, 7) is 6.15. The molecule has 1 aromatic carbocycles. The fourth-order valence-electron chi connectivity index (χ4n) is 3.12. The Balaban J connectivity index is 1.82. The zero-order chi connectivity index (χ0) is 14.8. The fourth-order valence-corrected chi connectivity index (χ4v) is 3.12. The fraction of sp³-hybridized carbons (Fsp3) is 0.412. The Morgan fingerprint density at radius 1 is 1.19 bits per heavy atom. The molecule has 4 heteroatoms. The summed E-state index contributed by atoms with van der Waals surface area (Å²) in [6.07, 6.45) is 2.42. The molecule has 0 unspecified atom stereocenters. The summed E-state index contributed by atoms with van der Waals surface area (Å²) in [4.78, 5) is 10.9. The molecular weight excluding hydrogens is 260 g/mol. The van der Waals surface area contributed by atoms with E-state index in [-0.39, 0.29) is 0 Å². The quantitative estimate of drug-likeness (QED) is 0.919. The van der Waals surface area contributed by atoms with Crippen molar-refractivity contribution in [1.82, 2.24) is 9.97 Å². The van der Waals surface area contributed by atoms with Crippen LogP contribution in [0.3, 0.4) is 0 Å². The van der Waals surface area contributed by atoms with E-state index in [1.54, 1.807) is 0 Å². The van der Waals surface area contributed by atoms with Crippen LogP contribution in [-0.4, -0.2) is 23.1 Å². The molecule has 2 N–H and O–H groups in total. The molecule has 1 atom stereocenters. The number of nitrogens with zero attached hydrogens (tertiary/aromatic N) is 3. The molecule has 2 aromatic rings. The highest BCUT2D eigenvalue weighted by molar-refractivity contribution is 5.44. The number of nitrogen functional groups attached to an aromatic ring is 1. The van der Waals surface area contributed by atoms with Gasteiger partial charge in [-0.25, -0.2) is 4.98 Å². The molecule has 1 aliphatic heterocycles. The maximum atomic E-state index is 5.78. The second-order valence-electron chi connectivity index (χ2n) is 5.93. The summed E-state index contributed by atoms with van der Waals surface area (Å²) >= 11 is 0. The monoisotopic (exact) mass is 282 g/mol. The van der Waals surface area contributed by atoms with Gasteiger partial charge < -0.3 is 10.6 Å². The molecule has 1 aliphatic rings. The average Bonchev–Trinajstić information content (AvgIpc) is 2.46. The number of benzene rings is 1. The lowest BCUT2D eigenvalue weighted by molar-refractivity contribution is 0.507. The molecule has 1 aromatic heterocycles. The van der Waals surface area contributed by atoms with Gasteiger partial charge in [-0.05, 0) is 32.3 Å². The van der Waals surface area contributed by atoms with Crippen molar-refractivity contribution < 1.29 is 0 Å². The molecule has 0 aliphatic carbocycles. The first kappa shape index (κ1) is 13.9. The standard InChI is InChI=1S/C17H22N4/c1-12-5-3-6-14(9-12)15-7-4-8-21(11-15)16-10-13(2)19-17(18)20-16/h3,5-6,9-10,15H,4,7-8,11H2,1-2H3,(H2,18,19,20)/t15-/m1/s1. The number of hydrogen-bond acceptors (Lipinski definition) is 4. The molecule has 3 rings (SSSR count). The summed E-state index contributed by atoms with van der Waals surface area (Å²) in [6, 6.07) is 10.9. The molecule has 21 heavy (non-hydrogen) atoms. The van der Waals surface area contributed by atoms with Crippen molar-refractivity contribution in [1.29, 1.82) is 0 Å². The zero-order valence-electron chi connectivity index (χ0n) is 12.7. The lowest BCUT2D eigenvalue weighted by Gasteiger charge is -2.34. The third-order valence-electron chi connectivity index (χ3n) is 4.12. The van der Waals surface area contributed by atoms with Crippen LogP contribution in [-0.2, 0) is 0 Å². The number of rotatable bonds is 2. The van der Waals surface area contributed by atoms with Crippen LogP contribution in [0.15, 0.2) is 30.3 Å². The summed E-state index contributed by atoms with van der Waals surface area (Å²) in [5, 5.41) is 0. The van der Waals surface area contributed by atoms with Gasteiger partial charge in [-0.1, -0.05) is 29.8 Å². The van der Waals surface area contributed by atoms with Gasteiger partial charge in [0.05, 0.1) is 0 Å². The lowest BCUT2D eigenvalue weighted by Crippen LogP contribution is -2.35. The van der Waals surface area contributed by atoms with E-state index < -0.39 is 0 Å². The normalized spacial score (nSPS) is 18.8. The third kappa shape index (κ3) is 3.15. The maximum Gasteiger partial charge on any atom is 0.222 e. The van der Waals surface area contributed by atoms with E-state index in [1.807, 2.05) is 13.0 Å². The molecule has 0 bridgehead atoms. The van der Waals surface area contributed by atoms with Crippen LogP contribution < -0.4 is 10.6 Å². The maximum absolute atomic E-state index is 5.78. The minimum atomic E-state index is 0.364. The van der Waals surface area contributed by atoms with Gasteiger partial charge in [0.25, 0.3) is 0 Å². The first-order chi connectivity index (χ1) is 10.1. The second-order valence-corrected chi connectivity index (χ2v) is 5.93. The van der Waals surface area contributed by atoms with E-state index in [4.69, 9.17) is 5.73 Å². The highest BCUT2D eigenvalue weighted by atomic mass is 15.2. The number of hydrogen-bond donors (Lipinski definition) is 1. The molecule has 110 valence electrons. The Hall–Kier alpha value is -2.10. The molecule has 4 nitrogen and oxygen atoms in total. The molecular formula is C17H22N4. The van der Waals surface area contributed by atoms with Crippen LogP contribution in [0, 0.1) is 13.8 Å². The summed E-state index contributed by atoms with van der Waals surface area (Å²) in [5.41, 5.74) is 9.46. The van der Waals surface area contributed by atoms with E-state index in [9.17, 15) is 0 Å². The highest BCUT2D eigenvalue weighted by Crippen LogP contribution is 2.29. The number of piperidine rings is 1. The van der Waals surface area contributed by atoms with E-state index in [0.717, 1.165) is 24.6 Å². The van der Waals surface area contributed by atoms with Crippen molar-refractivity contribution in [2.45, 2.75) is 32.6 Å². The van der Waals surface area contributed by atoms with Crippen molar-refractivity contribution in [3.8, 4) is 0 Å². The average molecular weight is 282 g/mol. The van der Waals surface area contributed by atoms with Gasteiger partial charge in [-0.2, -0.15) is 4.98 Å². The Kier molecular flexibility index (Phi) is 3.78. The van der Waals surface area contributed by atoms with Gasteiger partial charge >= 0.3 is 0 Å². The van der Waals surface area contributed by atoms with Crippen LogP contribution >= 0.6 is 0 Å². The Bertz CT molecular complexity index is 618. The predicted molar refractivity (Wildman–Crippen MR) is 86.5 cm³/mol. The predicted octanol–water partition coefficient (Wildman–Crippen LogP) is 3.06. The van der Waals surface area contributed by atoms with Crippen molar-refractivity contribution >= 4 is 11.8 Å². The summed E-state index contributed by atoms with van der Waals surface area (Å²) in [7, 11) is 0. The van der Waals surface area contributed by atoms with Gasteiger partial charge in [0, 0.05) is 30.8 Å².